The van der Waals surface area contributed by atoms with Crippen LogP contribution in [0, 0.1) is 6.92 Å². The normalized spacial score (nSPS) is 11.8. The number of benzene rings is 2. The van der Waals surface area contributed by atoms with Gasteiger partial charge >= 0.3 is 0 Å². The molecule has 0 saturated heterocycles. The number of amides is 2. The molecule has 1 atom stereocenters. The van der Waals surface area contributed by atoms with Crippen LogP contribution < -0.4 is 15.4 Å². The van der Waals surface area contributed by atoms with E-state index in [1.807, 2.05) is 58.0 Å². The molecule has 2 aromatic carbocycles. The molecular formula is C21H26N2O3. The minimum Gasteiger partial charge on any atom is -0.491 e. The van der Waals surface area contributed by atoms with Crippen LogP contribution in [0.1, 0.15) is 55.2 Å². The lowest BCUT2D eigenvalue weighted by Crippen LogP contribution is -2.26. The van der Waals surface area contributed by atoms with Gasteiger partial charge in [0, 0.05) is 18.2 Å². The molecule has 0 aromatic heterocycles. The van der Waals surface area contributed by atoms with Crippen LogP contribution in [0.25, 0.3) is 0 Å². The number of hydrogen-bond acceptors (Lipinski definition) is 3. The predicted octanol–water partition coefficient (Wildman–Crippen LogP) is 4.23. The molecule has 2 N–H and O–H groups in total. The van der Waals surface area contributed by atoms with E-state index in [9.17, 15) is 9.59 Å². The molecule has 0 saturated carbocycles. The van der Waals surface area contributed by atoms with Crippen LogP contribution in [-0.4, -0.2) is 17.9 Å². The summed E-state index contributed by atoms with van der Waals surface area (Å²) in [7, 11) is 0. The van der Waals surface area contributed by atoms with Crippen molar-refractivity contribution in [2.24, 2.45) is 0 Å². The fourth-order valence-corrected chi connectivity index (χ4v) is 2.58. The Morgan fingerprint density at radius 1 is 1.04 bits per heavy atom. The highest BCUT2D eigenvalue weighted by Crippen LogP contribution is 2.21. The first-order chi connectivity index (χ1) is 12.3. The molecule has 2 rings (SSSR count). The van der Waals surface area contributed by atoms with E-state index in [1.54, 1.807) is 12.1 Å². The highest BCUT2D eigenvalue weighted by Gasteiger charge is 2.14. The van der Waals surface area contributed by atoms with Crippen LogP contribution in [0.3, 0.4) is 0 Å². The topological polar surface area (TPSA) is 67.4 Å². The number of carbonyl (C=O) groups is 2. The molecule has 2 aromatic rings. The zero-order valence-electron chi connectivity index (χ0n) is 15.9. The smallest absolute Gasteiger partial charge is 0.251 e. The van der Waals surface area contributed by atoms with E-state index in [0.717, 1.165) is 16.9 Å². The maximum atomic E-state index is 12.6. The molecule has 5 heteroatoms. The number of carbonyl (C=O) groups excluding carboxylic acids is 2. The summed E-state index contributed by atoms with van der Waals surface area (Å²) in [6, 6.07) is 12.8. The Balaban J connectivity index is 2.13. The van der Waals surface area contributed by atoms with Gasteiger partial charge in [-0.2, -0.15) is 0 Å². The van der Waals surface area contributed by atoms with Gasteiger partial charge < -0.3 is 15.4 Å². The summed E-state index contributed by atoms with van der Waals surface area (Å²) in [6.07, 6.45) is 0.0925. The van der Waals surface area contributed by atoms with Crippen molar-refractivity contribution in [2.45, 2.75) is 46.8 Å². The third-order valence-corrected chi connectivity index (χ3v) is 3.89. The lowest BCUT2D eigenvalue weighted by atomic mass is 10.1. The van der Waals surface area contributed by atoms with Crippen molar-refractivity contribution < 1.29 is 14.3 Å². The Hall–Kier alpha value is -2.82. The van der Waals surface area contributed by atoms with Crippen LogP contribution in [0.5, 0.6) is 5.75 Å². The third kappa shape index (κ3) is 5.34. The van der Waals surface area contributed by atoms with Crippen molar-refractivity contribution in [1.29, 1.82) is 0 Å². The molecule has 0 radical (unpaired) electrons. The molecule has 26 heavy (non-hydrogen) atoms. The Kier molecular flexibility index (Phi) is 6.39. The Morgan fingerprint density at radius 2 is 1.77 bits per heavy atom. The molecule has 0 bridgehead atoms. The molecule has 0 aliphatic heterocycles. The van der Waals surface area contributed by atoms with Gasteiger partial charge in [-0.25, -0.2) is 0 Å². The Bertz CT molecular complexity index is 800. The quantitative estimate of drug-likeness (QED) is 0.816. The first-order valence-electron chi connectivity index (χ1n) is 8.72. The van der Waals surface area contributed by atoms with Crippen molar-refractivity contribution >= 4 is 17.5 Å². The van der Waals surface area contributed by atoms with E-state index < -0.39 is 0 Å². The van der Waals surface area contributed by atoms with Crippen LogP contribution in [0.2, 0.25) is 0 Å². The summed E-state index contributed by atoms with van der Waals surface area (Å²) in [5.41, 5.74) is 3.01. The van der Waals surface area contributed by atoms with Crippen molar-refractivity contribution in [3.05, 3.63) is 59.2 Å². The fourth-order valence-electron chi connectivity index (χ4n) is 2.58. The molecule has 1 unspecified atom stereocenters. The van der Waals surface area contributed by atoms with Crippen LogP contribution >= 0.6 is 0 Å². The van der Waals surface area contributed by atoms with E-state index in [-0.39, 0.29) is 24.0 Å². The lowest BCUT2D eigenvalue weighted by molar-refractivity contribution is -0.114. The third-order valence-electron chi connectivity index (χ3n) is 3.89. The Morgan fingerprint density at radius 3 is 2.42 bits per heavy atom. The van der Waals surface area contributed by atoms with Gasteiger partial charge in [-0.05, 0) is 63.1 Å². The first-order valence-corrected chi connectivity index (χ1v) is 8.72. The zero-order chi connectivity index (χ0) is 19.3. The summed E-state index contributed by atoms with van der Waals surface area (Å²) in [5, 5.41) is 5.73. The summed E-state index contributed by atoms with van der Waals surface area (Å²) in [5.74, 6) is 0.419. The second-order valence-electron chi connectivity index (χ2n) is 6.65. The second-order valence-corrected chi connectivity index (χ2v) is 6.65. The van der Waals surface area contributed by atoms with E-state index >= 15 is 0 Å². The largest absolute Gasteiger partial charge is 0.491 e. The summed E-state index contributed by atoms with van der Waals surface area (Å²) < 4.78 is 5.71. The Labute approximate surface area is 154 Å². The van der Waals surface area contributed by atoms with E-state index in [2.05, 4.69) is 10.6 Å². The number of ether oxygens (including phenoxy) is 1. The molecule has 2 amide bonds. The summed E-state index contributed by atoms with van der Waals surface area (Å²) in [4.78, 5) is 23.9. The number of anilines is 1. The minimum absolute atomic E-state index is 0.0925. The average Bonchev–Trinajstić information content (AvgIpc) is 2.56. The van der Waals surface area contributed by atoms with E-state index in [1.165, 1.54) is 6.92 Å². The van der Waals surface area contributed by atoms with E-state index in [0.29, 0.717) is 11.3 Å². The molecule has 0 aliphatic rings. The maximum absolute atomic E-state index is 12.6. The molecular weight excluding hydrogens is 328 g/mol. The van der Waals surface area contributed by atoms with E-state index in [4.69, 9.17) is 4.74 Å². The summed E-state index contributed by atoms with van der Waals surface area (Å²) in [6.45, 7) is 9.20. The van der Waals surface area contributed by atoms with Gasteiger partial charge in [-0.1, -0.05) is 18.2 Å². The van der Waals surface area contributed by atoms with Crippen molar-refractivity contribution in [3.63, 3.8) is 0 Å². The number of nitrogens with one attached hydrogen (secondary N) is 2. The number of aryl methyl sites for hydroxylation is 1. The number of hydrogen-bond donors (Lipinski definition) is 2. The van der Waals surface area contributed by atoms with Gasteiger partial charge in [0.15, 0.2) is 0 Å². The van der Waals surface area contributed by atoms with Gasteiger partial charge in [-0.15, -0.1) is 0 Å². The standard InChI is InChI=1S/C21H26N2O3/c1-13(2)26-19-8-6-7-17(11-19)15(4)22-21(25)18-10-9-14(3)20(12-18)23-16(5)24/h6-13,15H,1-5H3,(H,22,25)(H,23,24). The van der Waals surface area contributed by atoms with Crippen molar-refractivity contribution in [1.82, 2.24) is 5.32 Å². The van der Waals surface area contributed by atoms with Gasteiger partial charge in [0.1, 0.15) is 5.75 Å². The molecule has 0 aliphatic carbocycles. The highest BCUT2D eigenvalue weighted by molar-refractivity contribution is 5.97. The van der Waals surface area contributed by atoms with Crippen LogP contribution in [-0.2, 0) is 4.79 Å². The average molecular weight is 354 g/mol. The minimum atomic E-state index is -0.195. The molecule has 0 spiro atoms. The maximum Gasteiger partial charge on any atom is 0.251 e. The monoisotopic (exact) mass is 354 g/mol. The van der Waals surface area contributed by atoms with Crippen LogP contribution in [0.4, 0.5) is 5.69 Å². The number of rotatable bonds is 6. The SMILES string of the molecule is CC(=O)Nc1cc(C(=O)NC(C)c2cccc(OC(C)C)c2)ccc1C. The first kappa shape index (κ1) is 19.5. The molecule has 138 valence electrons. The highest BCUT2D eigenvalue weighted by atomic mass is 16.5. The van der Waals surface area contributed by atoms with Crippen molar-refractivity contribution in [3.8, 4) is 5.75 Å². The molecule has 0 fully saturated rings. The van der Waals surface area contributed by atoms with Gasteiger partial charge in [0.25, 0.3) is 5.91 Å². The lowest BCUT2D eigenvalue weighted by Gasteiger charge is -2.17. The molecule has 5 nitrogen and oxygen atoms in total. The fraction of sp³-hybridized carbons (Fsp3) is 0.333. The van der Waals surface area contributed by atoms with Crippen LogP contribution in [0.15, 0.2) is 42.5 Å². The molecule has 0 heterocycles. The second kappa shape index (κ2) is 8.52. The van der Waals surface area contributed by atoms with Crippen molar-refractivity contribution in [2.75, 3.05) is 5.32 Å². The van der Waals surface area contributed by atoms with Gasteiger partial charge in [0.2, 0.25) is 5.91 Å². The zero-order valence-corrected chi connectivity index (χ0v) is 15.9. The van der Waals surface area contributed by atoms with Gasteiger partial charge in [-0.3, -0.25) is 9.59 Å². The predicted molar refractivity (Wildman–Crippen MR) is 104 cm³/mol. The summed E-state index contributed by atoms with van der Waals surface area (Å²) >= 11 is 0. The van der Waals surface area contributed by atoms with Gasteiger partial charge in [0.05, 0.1) is 12.1 Å².